The molecule has 1 saturated heterocycles. The molecule has 0 bridgehead atoms. The van der Waals surface area contributed by atoms with E-state index >= 15 is 0 Å². The molecule has 0 aliphatic carbocycles. The minimum atomic E-state index is -0.274. The van der Waals surface area contributed by atoms with E-state index in [2.05, 4.69) is 17.4 Å². The van der Waals surface area contributed by atoms with Gasteiger partial charge in [-0.1, -0.05) is 42.5 Å². The number of likely N-dealkylation sites (tertiary alicyclic amines) is 1. The predicted octanol–water partition coefficient (Wildman–Crippen LogP) is 2.45. The first kappa shape index (κ1) is 18.0. The normalized spacial score (nSPS) is 15.9. The smallest absolute Gasteiger partial charge is 0.230 e. The van der Waals surface area contributed by atoms with Crippen molar-refractivity contribution in [3.63, 3.8) is 0 Å². The minimum Gasteiger partial charge on any atom is -0.349 e. The van der Waals surface area contributed by atoms with E-state index in [-0.39, 0.29) is 23.5 Å². The van der Waals surface area contributed by atoms with E-state index in [0.717, 1.165) is 13.1 Å². The van der Waals surface area contributed by atoms with Crippen LogP contribution >= 0.6 is 11.8 Å². The molecule has 0 aromatic heterocycles. The van der Waals surface area contributed by atoms with Crippen molar-refractivity contribution in [3.8, 4) is 0 Å². The highest BCUT2D eigenvalue weighted by molar-refractivity contribution is 8.00. The van der Waals surface area contributed by atoms with Crippen LogP contribution in [0.15, 0.2) is 59.5 Å². The number of quaternary nitrogens is 1. The van der Waals surface area contributed by atoms with E-state index < -0.39 is 0 Å². The zero-order chi connectivity index (χ0) is 17.5. The van der Waals surface area contributed by atoms with Gasteiger partial charge in [-0.25, -0.2) is 4.39 Å². The van der Waals surface area contributed by atoms with Crippen LogP contribution in [0, 0.1) is 5.82 Å². The van der Waals surface area contributed by atoms with Gasteiger partial charge in [0.15, 0.2) is 0 Å². The van der Waals surface area contributed by atoms with Crippen molar-refractivity contribution in [2.24, 2.45) is 0 Å². The van der Waals surface area contributed by atoms with E-state index in [1.54, 1.807) is 18.2 Å². The van der Waals surface area contributed by atoms with Gasteiger partial charge in [0.2, 0.25) is 5.91 Å². The average molecular weight is 359 g/mol. The predicted molar refractivity (Wildman–Crippen MR) is 99.2 cm³/mol. The first-order valence-electron chi connectivity index (χ1n) is 8.77. The second-order valence-electron chi connectivity index (χ2n) is 6.35. The van der Waals surface area contributed by atoms with Crippen LogP contribution in [0.3, 0.4) is 0 Å². The molecule has 1 amide bonds. The minimum absolute atomic E-state index is 0.0484. The first-order valence-corrected chi connectivity index (χ1v) is 9.76. The Morgan fingerprint density at radius 3 is 2.48 bits per heavy atom. The summed E-state index contributed by atoms with van der Waals surface area (Å²) in [5, 5.41) is 3.04. The molecule has 0 unspecified atom stereocenters. The summed E-state index contributed by atoms with van der Waals surface area (Å²) in [5.74, 6) is -0.0885. The molecule has 1 aliphatic rings. The Balaban J connectivity index is 1.55. The highest BCUT2D eigenvalue weighted by Gasteiger charge is 2.27. The van der Waals surface area contributed by atoms with Gasteiger partial charge in [0.1, 0.15) is 11.9 Å². The second kappa shape index (κ2) is 9.02. The maximum absolute atomic E-state index is 13.6. The Labute approximate surface area is 152 Å². The molecule has 25 heavy (non-hydrogen) atoms. The van der Waals surface area contributed by atoms with Crippen molar-refractivity contribution in [3.05, 3.63) is 66.0 Å². The molecular weight excluding hydrogens is 335 g/mol. The van der Waals surface area contributed by atoms with E-state index in [9.17, 15) is 9.18 Å². The first-order chi connectivity index (χ1) is 12.2. The Hall–Kier alpha value is -1.85. The van der Waals surface area contributed by atoms with E-state index in [0.29, 0.717) is 11.4 Å². The third-order valence-electron chi connectivity index (χ3n) is 4.64. The zero-order valence-electron chi connectivity index (χ0n) is 14.2. The summed E-state index contributed by atoms with van der Waals surface area (Å²) in [4.78, 5) is 14.3. The largest absolute Gasteiger partial charge is 0.349 e. The van der Waals surface area contributed by atoms with Gasteiger partial charge in [0, 0.05) is 23.3 Å². The third kappa shape index (κ3) is 5.06. The fourth-order valence-corrected chi connectivity index (χ4v) is 4.10. The van der Waals surface area contributed by atoms with Crippen LogP contribution < -0.4 is 10.2 Å². The summed E-state index contributed by atoms with van der Waals surface area (Å²) in [6.07, 6.45) is 2.49. The molecule has 1 atom stereocenters. The molecule has 3 nitrogen and oxygen atoms in total. The Bertz CT molecular complexity index is 689. The Kier molecular flexibility index (Phi) is 6.48. The van der Waals surface area contributed by atoms with Crippen molar-refractivity contribution in [1.82, 2.24) is 5.32 Å². The number of thioether (sulfide) groups is 1. The summed E-state index contributed by atoms with van der Waals surface area (Å²) in [5.41, 5.74) is 1.27. The molecule has 1 fully saturated rings. The molecule has 3 rings (SSSR count). The lowest BCUT2D eigenvalue weighted by atomic mass is 10.1. The van der Waals surface area contributed by atoms with Gasteiger partial charge >= 0.3 is 0 Å². The monoisotopic (exact) mass is 359 g/mol. The fourth-order valence-electron chi connectivity index (χ4n) is 3.33. The van der Waals surface area contributed by atoms with Crippen LogP contribution in [0.2, 0.25) is 0 Å². The van der Waals surface area contributed by atoms with Crippen LogP contribution in [0.25, 0.3) is 0 Å². The number of carbonyl (C=O) groups is 1. The van der Waals surface area contributed by atoms with Crippen LogP contribution in [0.4, 0.5) is 4.39 Å². The fraction of sp³-hybridized carbons (Fsp3) is 0.350. The summed E-state index contributed by atoms with van der Waals surface area (Å²) in [7, 11) is 0. The molecular formula is C20H24FN2OS+. The van der Waals surface area contributed by atoms with Gasteiger partial charge in [-0.3, -0.25) is 4.79 Å². The molecule has 2 N–H and O–H groups in total. The topological polar surface area (TPSA) is 33.5 Å². The molecule has 1 heterocycles. The van der Waals surface area contributed by atoms with E-state index in [4.69, 9.17) is 0 Å². The van der Waals surface area contributed by atoms with Gasteiger partial charge in [0.25, 0.3) is 0 Å². The molecule has 5 heteroatoms. The van der Waals surface area contributed by atoms with Crippen LogP contribution in [-0.2, 0) is 4.79 Å². The van der Waals surface area contributed by atoms with Crippen molar-refractivity contribution in [2.75, 3.05) is 25.4 Å². The number of hydrogen-bond donors (Lipinski definition) is 2. The van der Waals surface area contributed by atoms with Gasteiger partial charge in [-0.2, -0.15) is 0 Å². The van der Waals surface area contributed by atoms with Crippen LogP contribution in [-0.4, -0.2) is 31.3 Å². The lowest BCUT2D eigenvalue weighted by molar-refractivity contribution is -0.918. The number of halogens is 1. The van der Waals surface area contributed by atoms with Gasteiger partial charge in [-0.15, -0.1) is 11.8 Å². The SMILES string of the molecule is O=C(CSc1ccccc1F)NC[C@H](c1ccccc1)[NH+]1CCCC1. The molecule has 2 aromatic rings. The third-order valence-corrected chi connectivity index (χ3v) is 5.69. The number of amides is 1. The molecule has 0 saturated carbocycles. The highest BCUT2D eigenvalue weighted by atomic mass is 32.2. The van der Waals surface area contributed by atoms with Gasteiger partial charge in [-0.05, 0) is 12.1 Å². The number of hydrogen-bond acceptors (Lipinski definition) is 2. The highest BCUT2D eigenvalue weighted by Crippen LogP contribution is 2.20. The van der Waals surface area contributed by atoms with Gasteiger partial charge < -0.3 is 10.2 Å². The maximum Gasteiger partial charge on any atom is 0.230 e. The quantitative estimate of drug-likeness (QED) is 0.745. The molecule has 1 aliphatic heterocycles. The van der Waals surface area contributed by atoms with E-state index in [1.807, 2.05) is 18.2 Å². The number of nitrogens with one attached hydrogen (secondary N) is 2. The van der Waals surface area contributed by atoms with Crippen molar-refractivity contribution < 1.29 is 14.1 Å². The van der Waals surface area contributed by atoms with E-state index in [1.165, 1.54) is 41.1 Å². The number of carbonyl (C=O) groups excluding carboxylic acids is 1. The maximum atomic E-state index is 13.6. The van der Waals surface area contributed by atoms with Crippen molar-refractivity contribution in [2.45, 2.75) is 23.8 Å². The summed E-state index contributed by atoms with van der Waals surface area (Å²) in [6.45, 7) is 2.93. The summed E-state index contributed by atoms with van der Waals surface area (Å²) < 4.78 is 13.6. The number of benzene rings is 2. The van der Waals surface area contributed by atoms with Crippen molar-refractivity contribution >= 4 is 17.7 Å². The average Bonchev–Trinajstić information content (AvgIpc) is 3.16. The zero-order valence-corrected chi connectivity index (χ0v) is 15.0. The number of rotatable bonds is 7. The van der Waals surface area contributed by atoms with Crippen LogP contribution in [0.5, 0.6) is 0 Å². The van der Waals surface area contributed by atoms with Crippen LogP contribution in [0.1, 0.15) is 24.4 Å². The standard InChI is InChI=1S/C20H23FN2OS/c21-17-10-4-5-11-19(17)25-15-20(24)22-14-18(23-12-6-7-13-23)16-8-2-1-3-9-16/h1-5,8-11,18H,6-7,12-15H2,(H,22,24)/p+1/t18-/m1/s1. The lowest BCUT2D eigenvalue weighted by Gasteiger charge is -2.25. The molecule has 132 valence electrons. The second-order valence-corrected chi connectivity index (χ2v) is 7.37. The summed E-state index contributed by atoms with van der Waals surface area (Å²) >= 11 is 1.24. The van der Waals surface area contributed by atoms with Crippen molar-refractivity contribution in [1.29, 1.82) is 0 Å². The lowest BCUT2D eigenvalue weighted by Crippen LogP contribution is -3.11. The molecule has 2 aromatic carbocycles. The van der Waals surface area contributed by atoms with Gasteiger partial charge in [0.05, 0.1) is 25.4 Å². The molecule has 0 spiro atoms. The Morgan fingerprint density at radius 1 is 1.08 bits per heavy atom. The Morgan fingerprint density at radius 2 is 1.76 bits per heavy atom. The molecule has 0 radical (unpaired) electrons. The summed E-state index contributed by atoms with van der Waals surface area (Å²) in [6, 6.07) is 17.2.